The number of rotatable bonds is 3. The summed E-state index contributed by atoms with van der Waals surface area (Å²) in [4.78, 5) is 16.2. The van der Waals surface area contributed by atoms with Crippen molar-refractivity contribution in [2.75, 3.05) is 16.8 Å². The predicted octanol–water partition coefficient (Wildman–Crippen LogP) is 3.62. The highest BCUT2D eigenvalue weighted by atomic mass is 79.9. The van der Waals surface area contributed by atoms with Crippen molar-refractivity contribution < 1.29 is 4.79 Å². The van der Waals surface area contributed by atoms with Crippen LogP contribution in [-0.4, -0.2) is 22.4 Å². The van der Waals surface area contributed by atoms with Crippen LogP contribution in [-0.2, 0) is 4.79 Å². The molecule has 0 aliphatic carbocycles. The van der Waals surface area contributed by atoms with Gasteiger partial charge in [0.1, 0.15) is 4.60 Å². The van der Waals surface area contributed by atoms with Gasteiger partial charge in [-0.2, -0.15) is 11.8 Å². The van der Waals surface area contributed by atoms with Gasteiger partial charge in [-0.05, 0) is 65.3 Å². The summed E-state index contributed by atoms with van der Waals surface area (Å²) in [5.41, 5.74) is 1.66. The Bertz CT molecular complexity index is 433. The van der Waals surface area contributed by atoms with Crippen LogP contribution in [0.1, 0.15) is 25.0 Å². The molecule has 5 heteroatoms. The van der Waals surface area contributed by atoms with E-state index in [1.54, 1.807) is 0 Å². The van der Waals surface area contributed by atoms with Gasteiger partial charge in [-0.3, -0.25) is 4.79 Å². The largest absolute Gasteiger partial charge is 0.324 e. The summed E-state index contributed by atoms with van der Waals surface area (Å²) >= 11 is 5.30. The van der Waals surface area contributed by atoms with E-state index in [0.29, 0.717) is 12.3 Å². The maximum absolute atomic E-state index is 12.0. The molecule has 0 aromatic carbocycles. The standard InChI is InChI=1S/C13H17BrN2OS/c1-9-11(2-3-12(14)15-9)16-13(17)8-10-4-6-18-7-5-10/h2-3,10H,4-8H2,1H3,(H,16,17). The van der Waals surface area contributed by atoms with E-state index in [1.165, 1.54) is 11.5 Å². The number of carbonyl (C=O) groups excluding carboxylic acids is 1. The number of carbonyl (C=O) groups is 1. The highest BCUT2D eigenvalue weighted by molar-refractivity contribution is 9.10. The van der Waals surface area contributed by atoms with Crippen LogP contribution < -0.4 is 5.32 Å². The number of hydrogen-bond acceptors (Lipinski definition) is 3. The summed E-state index contributed by atoms with van der Waals surface area (Å²) in [5.74, 6) is 3.04. The second-order valence-corrected chi connectivity index (χ2v) is 6.61. The van der Waals surface area contributed by atoms with Crippen LogP contribution >= 0.6 is 27.7 Å². The van der Waals surface area contributed by atoms with Crippen molar-refractivity contribution >= 4 is 39.3 Å². The number of nitrogens with one attached hydrogen (secondary N) is 1. The summed E-state index contributed by atoms with van der Waals surface area (Å²) in [6.45, 7) is 1.90. The number of aromatic nitrogens is 1. The lowest BCUT2D eigenvalue weighted by atomic mass is 9.98. The molecule has 1 fully saturated rings. The van der Waals surface area contributed by atoms with Crippen molar-refractivity contribution in [3.8, 4) is 0 Å². The molecule has 18 heavy (non-hydrogen) atoms. The SMILES string of the molecule is Cc1nc(Br)ccc1NC(=O)CC1CCSCC1. The summed E-state index contributed by atoms with van der Waals surface area (Å²) in [5, 5.41) is 2.96. The number of thioether (sulfide) groups is 1. The zero-order chi connectivity index (χ0) is 13.0. The third-order valence-electron chi connectivity index (χ3n) is 3.14. The third kappa shape index (κ3) is 3.99. The van der Waals surface area contributed by atoms with E-state index in [1.807, 2.05) is 30.8 Å². The van der Waals surface area contributed by atoms with Crippen molar-refractivity contribution in [3.05, 3.63) is 22.4 Å². The molecule has 1 N–H and O–H groups in total. The first-order valence-electron chi connectivity index (χ1n) is 6.16. The van der Waals surface area contributed by atoms with Gasteiger partial charge in [-0.15, -0.1) is 0 Å². The normalized spacial score (nSPS) is 16.6. The van der Waals surface area contributed by atoms with E-state index in [-0.39, 0.29) is 5.91 Å². The molecule has 0 bridgehead atoms. The van der Waals surface area contributed by atoms with Crippen LogP contribution in [0.15, 0.2) is 16.7 Å². The molecule has 2 rings (SSSR count). The van der Waals surface area contributed by atoms with Crippen LogP contribution in [0.5, 0.6) is 0 Å². The molecule has 98 valence electrons. The van der Waals surface area contributed by atoms with Gasteiger partial charge in [0, 0.05) is 6.42 Å². The maximum atomic E-state index is 12.0. The molecular formula is C13H17BrN2OS. The fourth-order valence-electron chi connectivity index (χ4n) is 2.08. The molecule has 1 saturated heterocycles. The Morgan fingerprint density at radius 1 is 1.50 bits per heavy atom. The van der Waals surface area contributed by atoms with Gasteiger partial charge in [-0.1, -0.05) is 0 Å². The molecule has 0 saturated carbocycles. The van der Waals surface area contributed by atoms with E-state index in [0.717, 1.165) is 28.8 Å². The number of halogens is 1. The fourth-order valence-corrected chi connectivity index (χ4v) is 3.68. The highest BCUT2D eigenvalue weighted by Crippen LogP contribution is 2.26. The van der Waals surface area contributed by atoms with Crippen LogP contribution in [0.4, 0.5) is 5.69 Å². The molecule has 0 radical (unpaired) electrons. The average Bonchev–Trinajstić information content (AvgIpc) is 2.34. The Kier molecular flexibility index (Phi) is 5.06. The molecule has 0 unspecified atom stereocenters. The fraction of sp³-hybridized carbons (Fsp3) is 0.538. The van der Waals surface area contributed by atoms with Gasteiger partial charge in [0.05, 0.1) is 11.4 Å². The first kappa shape index (κ1) is 13.9. The number of aryl methyl sites for hydroxylation is 1. The molecule has 1 aromatic heterocycles. The second kappa shape index (κ2) is 6.57. The minimum absolute atomic E-state index is 0.110. The molecular weight excluding hydrogens is 312 g/mol. The Labute approximate surface area is 120 Å². The lowest BCUT2D eigenvalue weighted by Crippen LogP contribution is -2.20. The molecule has 1 aliphatic rings. The Hall–Kier alpha value is -0.550. The van der Waals surface area contributed by atoms with Crippen LogP contribution in [0.3, 0.4) is 0 Å². The summed E-state index contributed by atoms with van der Waals surface area (Å²) in [7, 11) is 0. The Balaban J connectivity index is 1.90. The molecule has 2 heterocycles. The van der Waals surface area contributed by atoms with E-state index in [2.05, 4.69) is 26.2 Å². The lowest BCUT2D eigenvalue weighted by Gasteiger charge is -2.20. The smallest absolute Gasteiger partial charge is 0.224 e. The first-order chi connectivity index (χ1) is 8.65. The second-order valence-electron chi connectivity index (χ2n) is 4.57. The molecule has 0 atom stereocenters. The Morgan fingerprint density at radius 2 is 2.22 bits per heavy atom. The highest BCUT2D eigenvalue weighted by Gasteiger charge is 2.17. The number of amides is 1. The minimum atomic E-state index is 0.110. The number of nitrogens with zero attached hydrogens (tertiary/aromatic N) is 1. The zero-order valence-corrected chi connectivity index (χ0v) is 12.8. The van der Waals surface area contributed by atoms with E-state index in [4.69, 9.17) is 0 Å². The average molecular weight is 329 g/mol. The van der Waals surface area contributed by atoms with Crippen LogP contribution in [0.2, 0.25) is 0 Å². The van der Waals surface area contributed by atoms with E-state index < -0.39 is 0 Å². The summed E-state index contributed by atoms with van der Waals surface area (Å²) < 4.78 is 0.794. The van der Waals surface area contributed by atoms with Crippen molar-refractivity contribution in [2.24, 2.45) is 5.92 Å². The number of anilines is 1. The van der Waals surface area contributed by atoms with Gasteiger partial charge in [-0.25, -0.2) is 4.98 Å². The zero-order valence-electron chi connectivity index (χ0n) is 10.4. The minimum Gasteiger partial charge on any atom is -0.324 e. The van der Waals surface area contributed by atoms with Gasteiger partial charge >= 0.3 is 0 Å². The van der Waals surface area contributed by atoms with Gasteiger partial charge in [0.15, 0.2) is 0 Å². The Morgan fingerprint density at radius 3 is 2.89 bits per heavy atom. The third-order valence-corrected chi connectivity index (χ3v) is 4.63. The molecule has 3 nitrogen and oxygen atoms in total. The van der Waals surface area contributed by atoms with Crippen molar-refractivity contribution in [3.63, 3.8) is 0 Å². The molecule has 1 amide bonds. The molecule has 1 aromatic rings. The van der Waals surface area contributed by atoms with Crippen molar-refractivity contribution in [1.29, 1.82) is 0 Å². The van der Waals surface area contributed by atoms with Gasteiger partial charge < -0.3 is 5.32 Å². The van der Waals surface area contributed by atoms with Crippen molar-refractivity contribution in [2.45, 2.75) is 26.2 Å². The molecule has 1 aliphatic heterocycles. The van der Waals surface area contributed by atoms with Gasteiger partial charge in [0.25, 0.3) is 0 Å². The summed E-state index contributed by atoms with van der Waals surface area (Å²) in [6, 6.07) is 3.74. The van der Waals surface area contributed by atoms with Gasteiger partial charge in [0.2, 0.25) is 5.91 Å². The lowest BCUT2D eigenvalue weighted by molar-refractivity contribution is -0.117. The van der Waals surface area contributed by atoms with E-state index >= 15 is 0 Å². The van der Waals surface area contributed by atoms with Crippen LogP contribution in [0, 0.1) is 12.8 Å². The van der Waals surface area contributed by atoms with E-state index in [9.17, 15) is 4.79 Å². The molecule has 0 spiro atoms. The number of pyridine rings is 1. The first-order valence-corrected chi connectivity index (χ1v) is 8.10. The van der Waals surface area contributed by atoms with Crippen LogP contribution in [0.25, 0.3) is 0 Å². The van der Waals surface area contributed by atoms with Crippen molar-refractivity contribution in [1.82, 2.24) is 4.98 Å². The predicted molar refractivity (Wildman–Crippen MR) is 80.0 cm³/mol. The maximum Gasteiger partial charge on any atom is 0.224 e. The number of hydrogen-bond donors (Lipinski definition) is 1. The topological polar surface area (TPSA) is 42.0 Å². The monoisotopic (exact) mass is 328 g/mol. The quantitative estimate of drug-likeness (QED) is 0.861. The summed E-state index contributed by atoms with van der Waals surface area (Å²) in [6.07, 6.45) is 2.96.